The number of aryl methyl sites for hydroxylation is 1. The van der Waals surface area contributed by atoms with Crippen LogP contribution in [0.4, 0.5) is 15.8 Å². The van der Waals surface area contributed by atoms with Gasteiger partial charge in [-0.25, -0.2) is 4.39 Å². The SMILES string of the molecule is C=CCCOc1cc2c(Nc3cc(Cl)c(F)cc3CN(C)CC=C)c(C#N)cnc2cc1C. The van der Waals surface area contributed by atoms with E-state index < -0.39 is 5.82 Å². The highest BCUT2D eigenvalue weighted by atomic mass is 35.5. The van der Waals surface area contributed by atoms with E-state index in [-0.39, 0.29) is 5.02 Å². The molecule has 33 heavy (non-hydrogen) atoms. The molecule has 1 N–H and O–H groups in total. The molecule has 0 aliphatic heterocycles. The number of pyridine rings is 1. The summed E-state index contributed by atoms with van der Waals surface area (Å²) in [7, 11) is 1.91. The van der Waals surface area contributed by atoms with Crippen LogP contribution in [0.15, 0.2) is 55.8 Å². The van der Waals surface area contributed by atoms with E-state index in [4.69, 9.17) is 16.3 Å². The van der Waals surface area contributed by atoms with Gasteiger partial charge in [-0.15, -0.1) is 13.2 Å². The number of hydrogen-bond donors (Lipinski definition) is 1. The molecule has 5 nitrogen and oxygen atoms in total. The number of benzene rings is 2. The van der Waals surface area contributed by atoms with Crippen LogP contribution in [0, 0.1) is 24.1 Å². The van der Waals surface area contributed by atoms with Crippen LogP contribution in [0.5, 0.6) is 5.75 Å². The van der Waals surface area contributed by atoms with Gasteiger partial charge in [-0.2, -0.15) is 5.26 Å². The van der Waals surface area contributed by atoms with E-state index in [1.54, 1.807) is 12.2 Å². The van der Waals surface area contributed by atoms with E-state index in [0.717, 1.165) is 10.9 Å². The lowest BCUT2D eigenvalue weighted by Gasteiger charge is -2.20. The molecule has 0 bridgehead atoms. The monoisotopic (exact) mass is 464 g/mol. The maximum Gasteiger partial charge on any atom is 0.142 e. The summed E-state index contributed by atoms with van der Waals surface area (Å²) in [6, 6.07) is 8.93. The summed E-state index contributed by atoms with van der Waals surface area (Å²) in [5.41, 5.74) is 3.87. The van der Waals surface area contributed by atoms with E-state index in [2.05, 4.69) is 29.5 Å². The van der Waals surface area contributed by atoms with Crippen LogP contribution < -0.4 is 10.1 Å². The van der Waals surface area contributed by atoms with E-state index >= 15 is 0 Å². The normalized spacial score (nSPS) is 10.8. The van der Waals surface area contributed by atoms with E-state index in [1.165, 1.54) is 18.3 Å². The van der Waals surface area contributed by atoms with Gasteiger partial charge < -0.3 is 10.1 Å². The molecule has 1 heterocycles. The molecule has 0 atom stereocenters. The Morgan fingerprint density at radius 2 is 2.06 bits per heavy atom. The quantitative estimate of drug-likeness (QED) is 0.273. The highest BCUT2D eigenvalue weighted by Crippen LogP contribution is 2.35. The Labute approximate surface area is 198 Å². The maximum absolute atomic E-state index is 14.3. The number of halogens is 2. The summed E-state index contributed by atoms with van der Waals surface area (Å²) in [6.07, 6.45) is 5.81. The van der Waals surface area contributed by atoms with Gasteiger partial charge in [0.25, 0.3) is 0 Å². The summed E-state index contributed by atoms with van der Waals surface area (Å²) in [4.78, 5) is 6.43. The van der Waals surface area contributed by atoms with Crippen molar-refractivity contribution in [3.8, 4) is 11.8 Å². The molecule has 0 amide bonds. The van der Waals surface area contributed by atoms with Gasteiger partial charge in [-0.05, 0) is 55.8 Å². The van der Waals surface area contributed by atoms with Crippen LogP contribution in [0.2, 0.25) is 5.02 Å². The minimum Gasteiger partial charge on any atom is -0.493 e. The molecular weight excluding hydrogens is 439 g/mol. The molecule has 170 valence electrons. The second kappa shape index (κ2) is 11.0. The minimum atomic E-state index is -0.502. The summed E-state index contributed by atoms with van der Waals surface area (Å²) in [5.74, 6) is 0.199. The highest BCUT2D eigenvalue weighted by molar-refractivity contribution is 6.31. The van der Waals surface area contributed by atoms with Gasteiger partial charge in [-0.1, -0.05) is 23.8 Å². The van der Waals surface area contributed by atoms with E-state index in [9.17, 15) is 9.65 Å². The first-order valence-electron chi connectivity index (χ1n) is 10.5. The van der Waals surface area contributed by atoms with Gasteiger partial charge in [0, 0.05) is 30.4 Å². The molecule has 7 heteroatoms. The smallest absolute Gasteiger partial charge is 0.142 e. The summed E-state index contributed by atoms with van der Waals surface area (Å²) >= 11 is 6.11. The van der Waals surface area contributed by atoms with Gasteiger partial charge in [0.2, 0.25) is 0 Å². The van der Waals surface area contributed by atoms with Gasteiger partial charge in [0.15, 0.2) is 0 Å². The van der Waals surface area contributed by atoms with Crippen molar-refractivity contribution in [1.82, 2.24) is 9.88 Å². The number of likely N-dealkylation sites (N-methyl/N-ethyl adjacent to an activating group) is 1. The van der Waals surface area contributed by atoms with E-state index in [1.807, 2.05) is 31.0 Å². The summed E-state index contributed by atoms with van der Waals surface area (Å²) in [6.45, 7) is 11.0. The lowest BCUT2D eigenvalue weighted by molar-refractivity contribution is 0.323. The second-order valence-electron chi connectivity index (χ2n) is 7.75. The fourth-order valence-corrected chi connectivity index (χ4v) is 3.66. The standard InChI is InChI=1S/C26H26ClFN4O/c1-5-7-9-33-25-12-20-24(10-17(25)3)30-15-19(14-29)26(20)31-23-13-21(27)22(28)11-18(23)16-32(4)8-6-2/h5-6,10-13,15H,1-2,7-9,16H2,3-4H3,(H,30,31). The summed E-state index contributed by atoms with van der Waals surface area (Å²) < 4.78 is 20.2. The molecule has 0 fully saturated rings. The van der Waals surface area contributed by atoms with Crippen LogP contribution in [-0.2, 0) is 6.54 Å². The van der Waals surface area contributed by atoms with Crippen molar-refractivity contribution in [3.05, 3.63) is 83.3 Å². The molecule has 3 aromatic rings. The largest absolute Gasteiger partial charge is 0.493 e. The van der Waals surface area contributed by atoms with Crippen molar-refractivity contribution in [1.29, 1.82) is 5.26 Å². The molecule has 1 aromatic heterocycles. The zero-order valence-electron chi connectivity index (χ0n) is 18.8. The van der Waals surface area contributed by atoms with Crippen molar-refractivity contribution in [2.24, 2.45) is 0 Å². The molecule has 0 unspecified atom stereocenters. The fourth-order valence-electron chi connectivity index (χ4n) is 3.50. The molecule has 3 rings (SSSR count). The summed E-state index contributed by atoms with van der Waals surface area (Å²) in [5, 5.41) is 13.8. The first kappa shape index (κ1) is 24.2. The Balaban J connectivity index is 2.12. The van der Waals surface area contributed by atoms with Gasteiger partial charge in [-0.3, -0.25) is 9.88 Å². The number of nitrogens with one attached hydrogen (secondary N) is 1. The molecule has 0 aliphatic carbocycles. The zero-order valence-corrected chi connectivity index (χ0v) is 19.5. The Kier molecular flexibility index (Phi) is 8.05. The van der Waals surface area contributed by atoms with Crippen molar-refractivity contribution < 1.29 is 9.13 Å². The van der Waals surface area contributed by atoms with Crippen LogP contribution in [0.25, 0.3) is 10.9 Å². The Morgan fingerprint density at radius 1 is 1.27 bits per heavy atom. The van der Waals surface area contributed by atoms with Gasteiger partial charge >= 0.3 is 0 Å². The van der Waals surface area contributed by atoms with Crippen molar-refractivity contribution >= 4 is 33.9 Å². The van der Waals surface area contributed by atoms with Crippen molar-refractivity contribution in [2.45, 2.75) is 19.9 Å². The average molecular weight is 465 g/mol. The van der Waals surface area contributed by atoms with Crippen LogP contribution in [-0.4, -0.2) is 30.1 Å². The molecule has 0 aliphatic rings. The number of rotatable bonds is 10. The molecule has 2 aromatic carbocycles. The molecule has 0 radical (unpaired) electrons. The topological polar surface area (TPSA) is 61.2 Å². The molecule has 0 saturated carbocycles. The van der Waals surface area contributed by atoms with E-state index in [0.29, 0.717) is 59.9 Å². The number of anilines is 2. The van der Waals surface area contributed by atoms with Crippen LogP contribution in [0.3, 0.4) is 0 Å². The second-order valence-corrected chi connectivity index (χ2v) is 8.16. The fraction of sp³-hybridized carbons (Fsp3) is 0.231. The third kappa shape index (κ3) is 5.70. The number of fused-ring (bicyclic) bond motifs is 1. The van der Waals surface area contributed by atoms with Gasteiger partial charge in [0.05, 0.1) is 28.4 Å². The predicted molar refractivity (Wildman–Crippen MR) is 133 cm³/mol. The number of nitriles is 1. The first-order chi connectivity index (χ1) is 15.9. The third-order valence-corrected chi connectivity index (χ3v) is 5.44. The average Bonchev–Trinajstić information content (AvgIpc) is 2.78. The minimum absolute atomic E-state index is 0.00575. The number of aromatic nitrogens is 1. The number of nitrogens with zero attached hydrogens (tertiary/aromatic N) is 3. The highest BCUT2D eigenvalue weighted by Gasteiger charge is 2.16. The molecule has 0 spiro atoms. The molecule has 0 saturated heterocycles. The lowest BCUT2D eigenvalue weighted by atomic mass is 10.1. The zero-order chi connectivity index (χ0) is 24.0. The predicted octanol–water partition coefficient (Wildman–Crippen LogP) is 6.52. The Hall–Kier alpha value is -3.40. The van der Waals surface area contributed by atoms with Crippen LogP contribution >= 0.6 is 11.6 Å². The first-order valence-corrected chi connectivity index (χ1v) is 10.9. The van der Waals surface area contributed by atoms with Crippen molar-refractivity contribution in [2.75, 3.05) is 25.5 Å². The lowest BCUT2D eigenvalue weighted by Crippen LogP contribution is -2.18. The van der Waals surface area contributed by atoms with Crippen LogP contribution in [0.1, 0.15) is 23.1 Å². The number of ether oxygens (including phenoxy) is 1. The number of hydrogen-bond acceptors (Lipinski definition) is 5. The van der Waals surface area contributed by atoms with Gasteiger partial charge in [0.1, 0.15) is 17.6 Å². The Morgan fingerprint density at radius 3 is 2.76 bits per heavy atom. The maximum atomic E-state index is 14.3. The molecular formula is C26H26ClFN4O. The Bertz CT molecular complexity index is 1240. The third-order valence-electron chi connectivity index (χ3n) is 5.15. The van der Waals surface area contributed by atoms with Crippen molar-refractivity contribution in [3.63, 3.8) is 0 Å².